The number of nitrogens with zero attached hydrogens (tertiary/aromatic N) is 4. The molecule has 24 heavy (non-hydrogen) atoms. The highest BCUT2D eigenvalue weighted by atomic mass is 15.4. The first-order valence-corrected chi connectivity index (χ1v) is 8.69. The number of fused-ring (bicyclic) bond motifs is 1. The van der Waals surface area contributed by atoms with E-state index in [0.717, 1.165) is 17.2 Å². The van der Waals surface area contributed by atoms with E-state index in [2.05, 4.69) is 25.9 Å². The highest BCUT2D eigenvalue weighted by molar-refractivity contribution is 5.56. The average Bonchev–Trinajstić information content (AvgIpc) is 3.39. The number of anilines is 3. The van der Waals surface area contributed by atoms with Crippen molar-refractivity contribution in [2.75, 3.05) is 10.6 Å². The van der Waals surface area contributed by atoms with Gasteiger partial charge in [-0.25, -0.2) is 0 Å². The quantitative estimate of drug-likeness (QED) is 0.739. The number of hydrogen-bond acceptors (Lipinski definition) is 5. The van der Waals surface area contributed by atoms with Crippen molar-refractivity contribution in [2.24, 2.45) is 0 Å². The maximum absolute atomic E-state index is 4.53. The number of rotatable bonds is 4. The molecule has 1 fully saturated rings. The Balaban J connectivity index is 0.000000487. The molecular formula is C18H26N6. The van der Waals surface area contributed by atoms with E-state index < -0.39 is 0 Å². The summed E-state index contributed by atoms with van der Waals surface area (Å²) in [6.07, 6.45) is 2.44. The van der Waals surface area contributed by atoms with E-state index in [9.17, 15) is 0 Å². The third kappa shape index (κ3) is 4.44. The lowest BCUT2D eigenvalue weighted by molar-refractivity contribution is 0.924. The Hall–Kier alpha value is -2.63. The van der Waals surface area contributed by atoms with Crippen LogP contribution in [0.2, 0.25) is 0 Å². The second-order valence-electron chi connectivity index (χ2n) is 4.92. The Bertz CT molecular complexity index is 734. The van der Waals surface area contributed by atoms with Gasteiger partial charge in [-0.2, -0.15) is 4.52 Å². The molecule has 6 heteroatoms. The molecular weight excluding hydrogens is 300 g/mol. The molecule has 2 heterocycles. The van der Waals surface area contributed by atoms with Crippen molar-refractivity contribution in [1.29, 1.82) is 0 Å². The van der Waals surface area contributed by atoms with Crippen molar-refractivity contribution >= 4 is 23.1 Å². The maximum Gasteiger partial charge on any atom is 0.250 e. The normalized spacial score (nSPS) is 12.5. The van der Waals surface area contributed by atoms with E-state index in [1.165, 1.54) is 12.8 Å². The molecule has 1 aliphatic carbocycles. The van der Waals surface area contributed by atoms with Gasteiger partial charge in [0.2, 0.25) is 0 Å². The molecule has 1 aliphatic rings. The average molecular weight is 326 g/mol. The van der Waals surface area contributed by atoms with Crippen LogP contribution in [0.3, 0.4) is 0 Å². The minimum atomic E-state index is 0.571. The van der Waals surface area contributed by atoms with Crippen LogP contribution in [0.15, 0.2) is 42.5 Å². The third-order valence-electron chi connectivity index (χ3n) is 3.22. The van der Waals surface area contributed by atoms with E-state index >= 15 is 0 Å². The molecule has 1 saturated carbocycles. The lowest BCUT2D eigenvalue weighted by atomic mass is 10.3. The zero-order chi connectivity index (χ0) is 17.4. The zero-order valence-corrected chi connectivity index (χ0v) is 14.8. The summed E-state index contributed by atoms with van der Waals surface area (Å²) in [6.45, 7) is 8.00. The molecule has 3 aromatic rings. The summed E-state index contributed by atoms with van der Waals surface area (Å²) >= 11 is 0. The molecule has 0 saturated heterocycles. The fraction of sp³-hybridized carbons (Fsp3) is 0.389. The molecule has 0 aliphatic heterocycles. The summed E-state index contributed by atoms with van der Waals surface area (Å²) in [5.41, 5.74) is 1.69. The van der Waals surface area contributed by atoms with E-state index in [0.29, 0.717) is 12.0 Å². The lowest BCUT2D eigenvalue weighted by Crippen LogP contribution is -2.07. The van der Waals surface area contributed by atoms with Crippen molar-refractivity contribution in [3.63, 3.8) is 0 Å². The Morgan fingerprint density at radius 2 is 1.62 bits per heavy atom. The summed E-state index contributed by atoms with van der Waals surface area (Å²) < 4.78 is 1.72. The molecule has 0 unspecified atom stereocenters. The molecule has 0 radical (unpaired) electrons. The Labute approximate surface area is 143 Å². The molecule has 2 aromatic heterocycles. The van der Waals surface area contributed by atoms with Gasteiger partial charge in [0.1, 0.15) is 5.82 Å². The highest BCUT2D eigenvalue weighted by Crippen LogP contribution is 2.24. The van der Waals surface area contributed by atoms with Crippen molar-refractivity contribution < 1.29 is 0 Å². The predicted octanol–water partition coefficient (Wildman–Crippen LogP) is 4.49. The fourth-order valence-electron chi connectivity index (χ4n) is 2.03. The summed E-state index contributed by atoms with van der Waals surface area (Å²) in [6, 6.07) is 14.3. The van der Waals surface area contributed by atoms with E-state index in [1.807, 2.05) is 70.2 Å². The van der Waals surface area contributed by atoms with Gasteiger partial charge in [-0.1, -0.05) is 45.9 Å². The van der Waals surface area contributed by atoms with Crippen LogP contribution >= 0.6 is 0 Å². The second-order valence-corrected chi connectivity index (χ2v) is 4.92. The molecule has 2 N–H and O–H groups in total. The standard InChI is InChI=1S/C14H14N6.2C2H6/c1-2-4-10(5-3-1)16-14-18-17-13-9-8-12(19-20(13)14)15-11-6-7-11;2*1-2/h1-5,8-9,11H,6-7H2,(H,15,19)(H,16,18);2*1-2H3. The summed E-state index contributed by atoms with van der Waals surface area (Å²) in [5, 5.41) is 19.4. The Kier molecular flexibility index (Phi) is 6.54. The molecule has 128 valence electrons. The third-order valence-corrected chi connectivity index (χ3v) is 3.22. The van der Waals surface area contributed by atoms with Crippen LogP contribution in [0.5, 0.6) is 0 Å². The van der Waals surface area contributed by atoms with Crippen molar-refractivity contribution in [1.82, 2.24) is 19.8 Å². The molecule has 0 spiro atoms. The largest absolute Gasteiger partial charge is 0.366 e. The van der Waals surface area contributed by atoms with Crippen LogP contribution in [0.1, 0.15) is 40.5 Å². The molecule has 1 aromatic carbocycles. The van der Waals surface area contributed by atoms with E-state index in [4.69, 9.17) is 0 Å². The number of nitrogens with one attached hydrogen (secondary N) is 2. The van der Waals surface area contributed by atoms with Crippen LogP contribution in [0.4, 0.5) is 17.5 Å². The molecule has 0 bridgehead atoms. The minimum Gasteiger partial charge on any atom is -0.366 e. The summed E-state index contributed by atoms with van der Waals surface area (Å²) in [7, 11) is 0. The van der Waals surface area contributed by atoms with Gasteiger partial charge < -0.3 is 10.6 Å². The van der Waals surface area contributed by atoms with Gasteiger partial charge in [0.15, 0.2) is 5.65 Å². The van der Waals surface area contributed by atoms with Gasteiger partial charge in [0.25, 0.3) is 5.95 Å². The topological polar surface area (TPSA) is 67.1 Å². The zero-order valence-electron chi connectivity index (χ0n) is 14.8. The van der Waals surface area contributed by atoms with Crippen LogP contribution in [0, 0.1) is 0 Å². The molecule has 0 amide bonds. The second kappa shape index (κ2) is 8.86. The summed E-state index contributed by atoms with van der Waals surface area (Å²) in [4.78, 5) is 0. The Morgan fingerprint density at radius 3 is 2.29 bits per heavy atom. The van der Waals surface area contributed by atoms with E-state index in [-0.39, 0.29) is 0 Å². The lowest BCUT2D eigenvalue weighted by Gasteiger charge is -2.06. The van der Waals surface area contributed by atoms with Gasteiger partial charge in [-0.3, -0.25) is 0 Å². The van der Waals surface area contributed by atoms with Crippen molar-refractivity contribution in [3.8, 4) is 0 Å². The highest BCUT2D eigenvalue weighted by Gasteiger charge is 2.21. The van der Waals surface area contributed by atoms with Crippen LogP contribution in [-0.2, 0) is 0 Å². The SMILES string of the molecule is CC.CC.c1ccc(Nc2nnc3ccc(NC4CC4)nn23)cc1. The number of benzene rings is 1. The van der Waals surface area contributed by atoms with Gasteiger partial charge in [0, 0.05) is 11.7 Å². The van der Waals surface area contributed by atoms with Crippen molar-refractivity contribution in [3.05, 3.63) is 42.5 Å². The summed E-state index contributed by atoms with van der Waals surface area (Å²) in [5.74, 6) is 1.47. The number of para-hydroxylation sites is 1. The minimum absolute atomic E-state index is 0.571. The fourth-order valence-corrected chi connectivity index (χ4v) is 2.03. The first-order valence-electron chi connectivity index (χ1n) is 8.69. The number of hydrogen-bond donors (Lipinski definition) is 2. The van der Waals surface area contributed by atoms with Gasteiger partial charge in [-0.15, -0.1) is 15.3 Å². The van der Waals surface area contributed by atoms with Gasteiger partial charge >= 0.3 is 0 Å². The first kappa shape index (κ1) is 17.7. The van der Waals surface area contributed by atoms with Crippen LogP contribution in [-0.4, -0.2) is 25.9 Å². The molecule has 6 nitrogen and oxygen atoms in total. The molecule has 0 atom stereocenters. The first-order chi connectivity index (χ1) is 11.9. The smallest absolute Gasteiger partial charge is 0.250 e. The number of aromatic nitrogens is 4. The maximum atomic E-state index is 4.53. The van der Waals surface area contributed by atoms with Crippen molar-refractivity contribution in [2.45, 2.75) is 46.6 Å². The van der Waals surface area contributed by atoms with Gasteiger partial charge in [0.05, 0.1) is 0 Å². The van der Waals surface area contributed by atoms with Crippen LogP contribution < -0.4 is 10.6 Å². The Morgan fingerprint density at radius 1 is 0.917 bits per heavy atom. The van der Waals surface area contributed by atoms with Gasteiger partial charge in [-0.05, 0) is 37.1 Å². The van der Waals surface area contributed by atoms with E-state index in [1.54, 1.807) is 4.52 Å². The molecule has 4 rings (SSSR count). The monoisotopic (exact) mass is 326 g/mol. The van der Waals surface area contributed by atoms with Crippen LogP contribution in [0.25, 0.3) is 5.65 Å². The predicted molar refractivity (Wildman–Crippen MR) is 99.8 cm³/mol.